The Hall–Kier alpha value is -1.06. The summed E-state index contributed by atoms with van der Waals surface area (Å²) in [6, 6.07) is 8.90. The van der Waals surface area contributed by atoms with Gasteiger partial charge >= 0.3 is 0 Å². The quantitative estimate of drug-likeness (QED) is 0.837. The molecule has 26 heavy (non-hydrogen) atoms. The van der Waals surface area contributed by atoms with Gasteiger partial charge in [-0.05, 0) is 105 Å². The van der Waals surface area contributed by atoms with Crippen LogP contribution >= 0.6 is 0 Å². The fraction of sp³-hybridized carbons (Fsp3) is 0.739. The first kappa shape index (κ1) is 17.1. The van der Waals surface area contributed by atoms with E-state index in [9.17, 15) is 5.11 Å². The Morgan fingerprint density at radius 1 is 0.962 bits per heavy atom. The van der Waals surface area contributed by atoms with Crippen molar-refractivity contribution >= 4 is 0 Å². The first-order valence-electron chi connectivity index (χ1n) is 10.8. The smallest absolute Gasteiger partial charge is 0.119 e. The summed E-state index contributed by atoms with van der Waals surface area (Å²) in [5.41, 5.74) is 2.00. The van der Waals surface area contributed by atoms with Crippen LogP contribution in [-0.2, 0) is 5.41 Å². The number of hydrogen-bond donors (Lipinski definition) is 1. The SMILES string of the molecule is OC(COc1ccc(C23CC4CC(CC(C4)C2)C3)cc1)CN1CCCC1. The predicted molar refractivity (Wildman–Crippen MR) is 103 cm³/mol. The molecule has 0 aromatic heterocycles. The van der Waals surface area contributed by atoms with Crippen molar-refractivity contribution in [2.45, 2.75) is 62.9 Å². The van der Waals surface area contributed by atoms with E-state index in [0.29, 0.717) is 12.0 Å². The van der Waals surface area contributed by atoms with Crippen molar-refractivity contribution < 1.29 is 9.84 Å². The highest BCUT2D eigenvalue weighted by atomic mass is 16.5. The molecule has 1 saturated heterocycles. The standard InChI is InChI=1S/C23H33NO2/c25-21(15-24-7-1-2-8-24)16-26-22-5-3-20(4-6-22)23-12-17-9-18(13-23)11-19(10-17)14-23/h3-6,17-19,21,25H,1-2,7-16H2. The van der Waals surface area contributed by atoms with Gasteiger partial charge in [-0.2, -0.15) is 0 Å². The topological polar surface area (TPSA) is 32.7 Å². The third-order valence-corrected chi connectivity index (χ3v) is 7.61. The van der Waals surface area contributed by atoms with Crippen LogP contribution in [0.25, 0.3) is 0 Å². The molecule has 5 aliphatic rings. The lowest BCUT2D eigenvalue weighted by molar-refractivity contribution is -0.00522. The molecule has 5 fully saturated rings. The highest BCUT2D eigenvalue weighted by molar-refractivity contribution is 5.34. The summed E-state index contributed by atoms with van der Waals surface area (Å²) in [6.45, 7) is 3.38. The van der Waals surface area contributed by atoms with E-state index in [4.69, 9.17) is 4.74 Å². The molecule has 0 amide bonds. The normalized spacial score (nSPS) is 37.2. The van der Waals surface area contributed by atoms with Crippen LogP contribution in [0, 0.1) is 17.8 Å². The predicted octanol–water partition coefficient (Wildman–Crippen LogP) is 3.99. The fourth-order valence-electron chi connectivity index (χ4n) is 6.88. The summed E-state index contributed by atoms with van der Waals surface area (Å²) < 4.78 is 5.88. The Balaban J connectivity index is 1.19. The third-order valence-electron chi connectivity index (χ3n) is 7.61. The van der Waals surface area contributed by atoms with Gasteiger partial charge in [0.1, 0.15) is 18.5 Å². The Labute approximate surface area is 157 Å². The lowest BCUT2D eigenvalue weighted by Crippen LogP contribution is -2.48. The number of β-amino-alcohol motifs (C(OH)–C–C–N with tert-alkyl or cyclic N) is 1. The molecule has 3 heteroatoms. The summed E-state index contributed by atoms with van der Waals surface area (Å²) in [5.74, 6) is 3.85. The number of likely N-dealkylation sites (tertiary alicyclic amines) is 1. The molecule has 142 valence electrons. The van der Waals surface area contributed by atoms with Crippen LogP contribution in [0.4, 0.5) is 0 Å². The summed E-state index contributed by atoms with van der Waals surface area (Å²) >= 11 is 0. The van der Waals surface area contributed by atoms with Gasteiger partial charge in [0.25, 0.3) is 0 Å². The highest BCUT2D eigenvalue weighted by Gasteiger charge is 2.51. The summed E-state index contributed by atoms with van der Waals surface area (Å²) in [5, 5.41) is 10.2. The lowest BCUT2D eigenvalue weighted by Gasteiger charge is -2.57. The van der Waals surface area contributed by atoms with Gasteiger partial charge in [0.2, 0.25) is 0 Å². The van der Waals surface area contributed by atoms with Gasteiger partial charge in [-0.25, -0.2) is 0 Å². The summed E-state index contributed by atoms with van der Waals surface area (Å²) in [7, 11) is 0. The van der Waals surface area contributed by atoms with Gasteiger partial charge in [-0.3, -0.25) is 0 Å². The van der Waals surface area contributed by atoms with Crippen LogP contribution in [0.3, 0.4) is 0 Å². The van der Waals surface area contributed by atoms with Crippen LogP contribution in [0.15, 0.2) is 24.3 Å². The number of ether oxygens (including phenoxy) is 1. The van der Waals surface area contributed by atoms with Crippen molar-refractivity contribution in [2.75, 3.05) is 26.2 Å². The van der Waals surface area contributed by atoms with E-state index in [1.54, 1.807) is 5.56 Å². The maximum atomic E-state index is 10.2. The Morgan fingerprint density at radius 3 is 2.12 bits per heavy atom. The van der Waals surface area contributed by atoms with E-state index < -0.39 is 6.10 Å². The minimum absolute atomic E-state index is 0.393. The van der Waals surface area contributed by atoms with Gasteiger partial charge in [0.05, 0.1) is 0 Å². The minimum atomic E-state index is -0.393. The maximum Gasteiger partial charge on any atom is 0.119 e. The fourth-order valence-corrected chi connectivity index (χ4v) is 6.88. The number of nitrogens with zero attached hydrogens (tertiary/aromatic N) is 1. The molecule has 1 N–H and O–H groups in total. The molecule has 6 rings (SSSR count). The number of benzene rings is 1. The zero-order valence-electron chi connectivity index (χ0n) is 15.9. The molecule has 0 radical (unpaired) electrons. The first-order valence-corrected chi connectivity index (χ1v) is 10.8. The van der Waals surface area contributed by atoms with Crippen molar-refractivity contribution in [1.82, 2.24) is 4.90 Å². The molecule has 4 aliphatic carbocycles. The average molecular weight is 356 g/mol. The van der Waals surface area contributed by atoms with E-state index in [1.165, 1.54) is 51.4 Å². The highest BCUT2D eigenvalue weighted by Crippen LogP contribution is 2.60. The molecular formula is C23H33NO2. The molecule has 3 nitrogen and oxygen atoms in total. The van der Waals surface area contributed by atoms with Gasteiger partial charge < -0.3 is 14.7 Å². The van der Waals surface area contributed by atoms with Crippen molar-refractivity contribution in [3.05, 3.63) is 29.8 Å². The molecular weight excluding hydrogens is 322 g/mol. The molecule has 1 aromatic carbocycles. The van der Waals surface area contributed by atoms with E-state index in [1.807, 2.05) is 0 Å². The Morgan fingerprint density at radius 2 is 1.54 bits per heavy atom. The Kier molecular flexibility index (Phi) is 4.48. The number of aliphatic hydroxyl groups is 1. The van der Waals surface area contributed by atoms with Crippen molar-refractivity contribution in [2.24, 2.45) is 17.8 Å². The van der Waals surface area contributed by atoms with E-state index >= 15 is 0 Å². The molecule has 4 bridgehead atoms. The lowest BCUT2D eigenvalue weighted by atomic mass is 9.48. The second kappa shape index (κ2) is 6.83. The van der Waals surface area contributed by atoms with Gasteiger partial charge in [0.15, 0.2) is 0 Å². The van der Waals surface area contributed by atoms with Crippen LogP contribution in [0.2, 0.25) is 0 Å². The zero-order valence-corrected chi connectivity index (χ0v) is 15.9. The van der Waals surface area contributed by atoms with Crippen LogP contribution in [-0.4, -0.2) is 42.4 Å². The van der Waals surface area contributed by atoms with E-state index in [2.05, 4.69) is 29.2 Å². The molecule has 1 aliphatic heterocycles. The largest absolute Gasteiger partial charge is 0.491 e. The number of rotatable bonds is 6. The van der Waals surface area contributed by atoms with Crippen molar-refractivity contribution in [3.8, 4) is 5.75 Å². The van der Waals surface area contributed by atoms with Gasteiger partial charge in [0, 0.05) is 6.54 Å². The molecule has 1 unspecified atom stereocenters. The maximum absolute atomic E-state index is 10.2. The summed E-state index contributed by atoms with van der Waals surface area (Å²) in [6.07, 6.45) is 10.9. The van der Waals surface area contributed by atoms with Crippen molar-refractivity contribution in [1.29, 1.82) is 0 Å². The Bertz CT molecular complexity index is 584. The van der Waals surface area contributed by atoms with Gasteiger partial charge in [-0.1, -0.05) is 12.1 Å². The second-order valence-corrected chi connectivity index (χ2v) is 9.69. The molecule has 1 atom stereocenters. The molecule has 0 spiro atoms. The molecule has 1 heterocycles. The monoisotopic (exact) mass is 355 g/mol. The van der Waals surface area contributed by atoms with E-state index in [0.717, 1.165) is 43.1 Å². The van der Waals surface area contributed by atoms with Gasteiger partial charge in [-0.15, -0.1) is 0 Å². The second-order valence-electron chi connectivity index (χ2n) is 9.69. The first-order chi connectivity index (χ1) is 12.7. The number of aliphatic hydroxyl groups excluding tert-OH is 1. The summed E-state index contributed by atoms with van der Waals surface area (Å²) in [4.78, 5) is 2.34. The molecule has 1 aromatic rings. The minimum Gasteiger partial charge on any atom is -0.491 e. The van der Waals surface area contributed by atoms with Crippen LogP contribution < -0.4 is 4.74 Å². The van der Waals surface area contributed by atoms with E-state index in [-0.39, 0.29) is 0 Å². The van der Waals surface area contributed by atoms with Crippen LogP contribution in [0.5, 0.6) is 5.75 Å². The third kappa shape index (κ3) is 3.29. The zero-order chi connectivity index (χ0) is 17.6. The van der Waals surface area contributed by atoms with Crippen LogP contribution in [0.1, 0.15) is 56.9 Å². The number of hydrogen-bond acceptors (Lipinski definition) is 3. The van der Waals surface area contributed by atoms with Crippen molar-refractivity contribution in [3.63, 3.8) is 0 Å². The average Bonchev–Trinajstić information content (AvgIpc) is 3.12. The molecule has 4 saturated carbocycles.